The fourth-order valence-corrected chi connectivity index (χ4v) is 8.04. The number of fused-ring (bicyclic) bond motifs is 3. The third kappa shape index (κ3) is 7.78. The van der Waals surface area contributed by atoms with Crippen molar-refractivity contribution in [2.45, 2.75) is 59.7 Å². The topological polar surface area (TPSA) is 25.8 Å². The van der Waals surface area contributed by atoms with E-state index in [-0.39, 0.29) is 25.9 Å². The zero-order valence-corrected chi connectivity index (χ0v) is 30.6. The summed E-state index contributed by atoms with van der Waals surface area (Å²) in [5, 5.41) is 3.42. The molecule has 1 radical (unpaired) electrons. The quantitative estimate of drug-likeness (QED) is 0.124. The molecule has 6 rings (SSSR count). The Balaban J connectivity index is 0.000000204. The van der Waals surface area contributed by atoms with Gasteiger partial charge in [0.25, 0.3) is 0 Å². The predicted molar refractivity (Wildman–Crippen MR) is 185 cm³/mol. The van der Waals surface area contributed by atoms with E-state index in [9.17, 15) is 4.39 Å². The molecule has 44 heavy (non-hydrogen) atoms. The zero-order chi connectivity index (χ0) is 31.6. The van der Waals surface area contributed by atoms with Gasteiger partial charge in [0.05, 0.1) is 8.07 Å². The van der Waals surface area contributed by atoms with Crippen molar-refractivity contribution in [3.8, 4) is 22.5 Å². The number of rotatable bonds is 6. The maximum Gasteiger partial charge on any atom is 0.123 e. The molecule has 0 aliphatic heterocycles. The van der Waals surface area contributed by atoms with Crippen molar-refractivity contribution < 1.29 is 25.9 Å². The Labute approximate surface area is 281 Å². The van der Waals surface area contributed by atoms with E-state index in [2.05, 4.69) is 73.9 Å². The number of benzene rings is 3. The van der Waals surface area contributed by atoms with E-state index >= 15 is 0 Å². The first-order valence-corrected chi connectivity index (χ1v) is 19.1. The molecule has 3 aromatic carbocycles. The van der Waals surface area contributed by atoms with Crippen molar-refractivity contribution in [3.63, 3.8) is 0 Å². The third-order valence-electron chi connectivity index (χ3n) is 7.40. The number of aromatic nitrogens is 2. The van der Waals surface area contributed by atoms with Crippen LogP contribution in [0.1, 0.15) is 46.1 Å². The van der Waals surface area contributed by atoms with Gasteiger partial charge in [0.2, 0.25) is 0 Å². The van der Waals surface area contributed by atoms with Crippen LogP contribution in [-0.2, 0) is 26.5 Å². The van der Waals surface area contributed by atoms with Crippen molar-refractivity contribution >= 4 is 44.8 Å². The molecule has 0 atom stereocenters. The monoisotopic (exact) mass is 796 g/mol. The van der Waals surface area contributed by atoms with Crippen LogP contribution in [0.5, 0.6) is 0 Å². The Morgan fingerprint density at radius 2 is 1.68 bits per heavy atom. The molecule has 0 spiro atoms. The molecular formula is C38H39FIrN2SSi-2. The standard InChI is InChI=1S/C20H15FNS.C18H24NSi.Ir/c1-12(2)13-8-9-22-18(10-13)16-5-3-4-15-17-11-14(21)6-7-19(17)23-20(15)16;1-14(2)11-16-12-17(15-9-7-6-8-10-15)19-13-18(16)20(3,4)5;/h3-4,6-12H,1-2H3;6-9,12-14H,11H2,1-5H3;/q2*-1;/i12D;;. The second kappa shape index (κ2) is 14.4. The van der Waals surface area contributed by atoms with E-state index in [1.807, 2.05) is 62.4 Å². The number of hydrogen-bond acceptors (Lipinski definition) is 3. The molecule has 0 aliphatic carbocycles. The van der Waals surface area contributed by atoms with Crippen LogP contribution >= 0.6 is 11.3 Å². The number of nitrogens with zero attached hydrogens (tertiary/aromatic N) is 2. The minimum atomic E-state index is -1.34. The molecule has 0 unspecified atom stereocenters. The SMILES string of the molecule is CC(C)Cc1cc(-c2[c-]cccc2)ncc1[Si](C)(C)C.[2H]C(C)(C)c1ccnc(-c2[c-]ccc3c2sc2ccc(F)cc23)c1.[Ir]. The molecule has 3 heterocycles. The summed E-state index contributed by atoms with van der Waals surface area (Å²) in [5.74, 6) is -0.248. The van der Waals surface area contributed by atoms with Gasteiger partial charge in [0.1, 0.15) is 5.82 Å². The number of halogens is 1. The van der Waals surface area contributed by atoms with Gasteiger partial charge in [-0.1, -0.05) is 76.0 Å². The summed E-state index contributed by atoms with van der Waals surface area (Å²) in [6.07, 6.45) is 4.97. The summed E-state index contributed by atoms with van der Waals surface area (Å²) in [6, 6.07) is 29.4. The van der Waals surface area contributed by atoms with Crippen LogP contribution in [0.3, 0.4) is 0 Å². The summed E-state index contributed by atoms with van der Waals surface area (Å²) in [5.41, 5.74) is 6.21. The molecule has 0 bridgehead atoms. The normalized spacial score (nSPS) is 12.1. The van der Waals surface area contributed by atoms with E-state index in [1.165, 1.54) is 16.8 Å². The van der Waals surface area contributed by atoms with Crippen LogP contribution in [0, 0.1) is 23.9 Å². The summed E-state index contributed by atoms with van der Waals surface area (Å²) < 4.78 is 23.9. The predicted octanol–water partition coefficient (Wildman–Crippen LogP) is 10.5. The fraction of sp³-hybridized carbons (Fsp3) is 0.263. The largest absolute Gasteiger partial charge is 0.305 e. The average Bonchev–Trinajstić information content (AvgIpc) is 3.35. The number of hydrogen-bond donors (Lipinski definition) is 0. The van der Waals surface area contributed by atoms with Gasteiger partial charge in [0.15, 0.2) is 0 Å². The minimum absolute atomic E-state index is 0. The smallest absolute Gasteiger partial charge is 0.123 e. The second-order valence-electron chi connectivity index (χ2n) is 12.6. The molecule has 3 aromatic heterocycles. The molecule has 0 fully saturated rings. The summed E-state index contributed by atoms with van der Waals surface area (Å²) >= 11 is 1.62. The first kappa shape index (κ1) is 32.4. The minimum Gasteiger partial charge on any atom is -0.305 e. The fourth-order valence-electron chi connectivity index (χ4n) is 5.26. The average molecular weight is 796 g/mol. The van der Waals surface area contributed by atoms with Crippen LogP contribution in [-0.4, -0.2) is 18.0 Å². The molecule has 0 saturated carbocycles. The van der Waals surface area contributed by atoms with Crippen molar-refractivity contribution in [2.75, 3.05) is 0 Å². The molecule has 6 aromatic rings. The number of thiophene rings is 1. The van der Waals surface area contributed by atoms with Gasteiger partial charge in [-0.2, -0.15) is 11.3 Å². The molecule has 229 valence electrons. The van der Waals surface area contributed by atoms with Crippen LogP contribution in [0.15, 0.2) is 85.2 Å². The Kier molecular flexibility index (Phi) is 10.6. The van der Waals surface area contributed by atoms with Crippen LogP contribution in [0.25, 0.3) is 42.7 Å². The molecule has 0 amide bonds. The second-order valence-corrected chi connectivity index (χ2v) is 18.7. The van der Waals surface area contributed by atoms with Crippen LogP contribution in [0.4, 0.5) is 4.39 Å². The van der Waals surface area contributed by atoms with Gasteiger partial charge in [-0.15, -0.1) is 59.7 Å². The van der Waals surface area contributed by atoms with E-state index in [4.69, 9.17) is 1.37 Å². The van der Waals surface area contributed by atoms with Crippen molar-refractivity contribution in [3.05, 3.63) is 114 Å². The van der Waals surface area contributed by atoms with Gasteiger partial charge < -0.3 is 9.97 Å². The summed E-state index contributed by atoms with van der Waals surface area (Å²) in [4.78, 5) is 9.17. The first-order chi connectivity index (χ1) is 20.8. The molecule has 0 aliphatic rings. The van der Waals surface area contributed by atoms with Gasteiger partial charge in [-0.05, 0) is 69.2 Å². The van der Waals surface area contributed by atoms with Gasteiger partial charge in [-0.3, -0.25) is 0 Å². The van der Waals surface area contributed by atoms with E-state index in [0.29, 0.717) is 5.92 Å². The maximum atomic E-state index is 13.6. The van der Waals surface area contributed by atoms with E-state index in [0.717, 1.165) is 54.7 Å². The third-order valence-corrected chi connectivity index (χ3v) is 10.7. The van der Waals surface area contributed by atoms with E-state index in [1.54, 1.807) is 23.6 Å². The van der Waals surface area contributed by atoms with Gasteiger partial charge in [-0.25, -0.2) is 4.39 Å². The number of pyridine rings is 2. The maximum absolute atomic E-state index is 13.6. The summed E-state index contributed by atoms with van der Waals surface area (Å²) in [6.45, 7) is 15.5. The van der Waals surface area contributed by atoms with Crippen LogP contribution in [0.2, 0.25) is 19.6 Å². The Hall–Kier alpha value is -3.02. The molecule has 2 nitrogen and oxygen atoms in total. The van der Waals surface area contributed by atoms with Crippen molar-refractivity contribution in [1.29, 1.82) is 0 Å². The molecule has 0 N–H and O–H groups in total. The Morgan fingerprint density at radius 3 is 2.36 bits per heavy atom. The molecular weight excluding hydrogens is 756 g/mol. The van der Waals surface area contributed by atoms with Crippen molar-refractivity contribution in [1.82, 2.24) is 9.97 Å². The first-order valence-electron chi connectivity index (χ1n) is 15.3. The Morgan fingerprint density at radius 1 is 0.886 bits per heavy atom. The van der Waals surface area contributed by atoms with Crippen LogP contribution < -0.4 is 5.19 Å². The van der Waals surface area contributed by atoms with Crippen molar-refractivity contribution in [2.24, 2.45) is 5.92 Å². The zero-order valence-electron chi connectivity index (χ0n) is 27.4. The summed E-state index contributed by atoms with van der Waals surface area (Å²) in [7, 11) is -1.34. The Bertz CT molecular complexity index is 1910. The van der Waals surface area contributed by atoms with E-state index < -0.39 is 14.0 Å². The molecule has 0 saturated heterocycles. The van der Waals surface area contributed by atoms with Gasteiger partial charge in [0, 0.05) is 38.6 Å². The van der Waals surface area contributed by atoms with Gasteiger partial charge >= 0.3 is 0 Å². The molecule has 6 heteroatoms.